The Morgan fingerprint density at radius 2 is 2.12 bits per heavy atom. The third-order valence-corrected chi connectivity index (χ3v) is 2.82. The molecule has 0 radical (unpaired) electrons. The summed E-state index contributed by atoms with van der Waals surface area (Å²) in [6, 6.07) is 9.73. The molecule has 0 aliphatic heterocycles. The molecule has 1 aromatic carbocycles. The van der Waals surface area contributed by atoms with Gasteiger partial charge < -0.3 is 5.73 Å². The van der Waals surface area contributed by atoms with Gasteiger partial charge in [0.05, 0.1) is 0 Å². The van der Waals surface area contributed by atoms with Gasteiger partial charge in [0.1, 0.15) is 0 Å². The molecule has 2 N–H and O–H groups in total. The van der Waals surface area contributed by atoms with E-state index in [1.54, 1.807) is 12.4 Å². The van der Waals surface area contributed by atoms with E-state index in [2.05, 4.69) is 4.98 Å². The van der Waals surface area contributed by atoms with Crippen LogP contribution in [0.1, 0.15) is 18.5 Å². The van der Waals surface area contributed by atoms with E-state index in [1.165, 1.54) is 0 Å². The first kappa shape index (κ1) is 11.1. The molecular weight excluding hydrogens is 220 g/mol. The SMILES string of the molecule is CC(N)c1ccc(Cl)c(-c2cccnc2)c1. The molecular formula is C13H13ClN2. The Balaban J connectivity index is 2.52. The van der Waals surface area contributed by atoms with Crippen molar-refractivity contribution in [1.29, 1.82) is 0 Å². The van der Waals surface area contributed by atoms with Crippen LogP contribution in [-0.4, -0.2) is 4.98 Å². The van der Waals surface area contributed by atoms with Crippen molar-refractivity contribution in [3.8, 4) is 11.1 Å². The van der Waals surface area contributed by atoms with Crippen molar-refractivity contribution in [3.05, 3.63) is 53.3 Å². The second-order valence-corrected chi connectivity index (χ2v) is 4.18. The third-order valence-electron chi connectivity index (χ3n) is 2.49. The summed E-state index contributed by atoms with van der Waals surface area (Å²) in [4.78, 5) is 4.09. The molecule has 0 aliphatic rings. The van der Waals surface area contributed by atoms with Crippen molar-refractivity contribution >= 4 is 11.6 Å². The summed E-state index contributed by atoms with van der Waals surface area (Å²) in [5.74, 6) is 0. The van der Waals surface area contributed by atoms with E-state index in [9.17, 15) is 0 Å². The zero-order valence-corrected chi connectivity index (χ0v) is 9.78. The van der Waals surface area contributed by atoms with Gasteiger partial charge in [-0.15, -0.1) is 0 Å². The Labute approximate surface area is 100 Å². The average Bonchev–Trinajstić information content (AvgIpc) is 2.30. The Hall–Kier alpha value is -1.38. The van der Waals surface area contributed by atoms with Crippen LogP contribution < -0.4 is 5.73 Å². The summed E-state index contributed by atoms with van der Waals surface area (Å²) >= 11 is 6.17. The molecule has 1 atom stereocenters. The van der Waals surface area contributed by atoms with Gasteiger partial charge in [-0.1, -0.05) is 23.7 Å². The molecule has 82 valence electrons. The van der Waals surface area contributed by atoms with Gasteiger partial charge in [-0.25, -0.2) is 0 Å². The Morgan fingerprint density at radius 1 is 1.31 bits per heavy atom. The lowest BCUT2D eigenvalue weighted by Gasteiger charge is -2.10. The molecule has 1 aromatic heterocycles. The van der Waals surface area contributed by atoms with Gasteiger partial charge >= 0.3 is 0 Å². The highest BCUT2D eigenvalue weighted by Gasteiger charge is 2.06. The Morgan fingerprint density at radius 3 is 2.75 bits per heavy atom. The summed E-state index contributed by atoms with van der Waals surface area (Å²) < 4.78 is 0. The largest absolute Gasteiger partial charge is 0.324 e. The van der Waals surface area contributed by atoms with Crippen molar-refractivity contribution in [2.75, 3.05) is 0 Å². The number of hydrogen-bond acceptors (Lipinski definition) is 2. The van der Waals surface area contributed by atoms with E-state index in [1.807, 2.05) is 37.3 Å². The van der Waals surface area contributed by atoms with Crippen LogP contribution in [0.5, 0.6) is 0 Å². The molecule has 2 nitrogen and oxygen atoms in total. The summed E-state index contributed by atoms with van der Waals surface area (Å²) in [5, 5.41) is 0.720. The lowest BCUT2D eigenvalue weighted by molar-refractivity contribution is 0.819. The normalized spacial score (nSPS) is 12.4. The van der Waals surface area contributed by atoms with Crippen molar-refractivity contribution in [3.63, 3.8) is 0 Å². The first-order chi connectivity index (χ1) is 7.68. The molecule has 0 bridgehead atoms. The maximum Gasteiger partial charge on any atom is 0.0485 e. The van der Waals surface area contributed by atoms with Crippen LogP contribution in [0.3, 0.4) is 0 Å². The van der Waals surface area contributed by atoms with Gasteiger partial charge in [-0.2, -0.15) is 0 Å². The van der Waals surface area contributed by atoms with Crippen molar-refractivity contribution in [1.82, 2.24) is 4.98 Å². The number of rotatable bonds is 2. The van der Waals surface area contributed by atoms with E-state index in [-0.39, 0.29) is 6.04 Å². The van der Waals surface area contributed by atoms with Crippen LogP contribution in [0.4, 0.5) is 0 Å². The molecule has 0 saturated heterocycles. The molecule has 0 aliphatic carbocycles. The van der Waals surface area contributed by atoms with E-state index in [4.69, 9.17) is 17.3 Å². The minimum absolute atomic E-state index is 0.00712. The minimum atomic E-state index is 0.00712. The number of aromatic nitrogens is 1. The quantitative estimate of drug-likeness (QED) is 0.862. The molecule has 3 heteroatoms. The Kier molecular flexibility index (Phi) is 3.22. The van der Waals surface area contributed by atoms with Crippen LogP contribution in [0.15, 0.2) is 42.7 Å². The second-order valence-electron chi connectivity index (χ2n) is 3.77. The highest BCUT2D eigenvalue weighted by Crippen LogP contribution is 2.29. The maximum atomic E-state index is 6.17. The summed E-state index contributed by atoms with van der Waals surface area (Å²) in [5.41, 5.74) is 8.91. The Bertz CT molecular complexity index is 481. The van der Waals surface area contributed by atoms with Gasteiger partial charge in [0.25, 0.3) is 0 Å². The number of hydrogen-bond donors (Lipinski definition) is 1. The summed E-state index contributed by atoms with van der Waals surface area (Å²) in [6.45, 7) is 1.95. The average molecular weight is 233 g/mol. The number of benzene rings is 1. The zero-order chi connectivity index (χ0) is 11.5. The van der Waals surface area contributed by atoms with Crippen LogP contribution in [0.2, 0.25) is 5.02 Å². The van der Waals surface area contributed by atoms with E-state index >= 15 is 0 Å². The standard InChI is InChI=1S/C13H13ClN2/c1-9(15)10-4-5-13(14)12(7-10)11-3-2-6-16-8-11/h2-9H,15H2,1H3. The predicted molar refractivity (Wildman–Crippen MR) is 67.3 cm³/mol. The molecule has 0 amide bonds. The molecule has 0 saturated carbocycles. The molecule has 1 unspecified atom stereocenters. The van der Waals surface area contributed by atoms with Gasteiger partial charge in [-0.05, 0) is 30.7 Å². The highest BCUT2D eigenvalue weighted by atomic mass is 35.5. The fourth-order valence-electron chi connectivity index (χ4n) is 1.57. The molecule has 0 spiro atoms. The monoisotopic (exact) mass is 232 g/mol. The molecule has 16 heavy (non-hydrogen) atoms. The first-order valence-electron chi connectivity index (χ1n) is 5.14. The molecule has 0 fully saturated rings. The van der Waals surface area contributed by atoms with Crippen LogP contribution in [0.25, 0.3) is 11.1 Å². The number of halogens is 1. The van der Waals surface area contributed by atoms with Gasteiger partial charge in [-0.3, -0.25) is 4.98 Å². The van der Waals surface area contributed by atoms with Crippen molar-refractivity contribution in [2.45, 2.75) is 13.0 Å². The van der Waals surface area contributed by atoms with Crippen LogP contribution >= 0.6 is 11.6 Å². The van der Waals surface area contributed by atoms with Crippen LogP contribution in [0, 0.1) is 0 Å². The molecule has 1 heterocycles. The predicted octanol–water partition coefficient (Wildman–Crippen LogP) is 3.42. The summed E-state index contributed by atoms with van der Waals surface area (Å²) in [7, 11) is 0. The smallest absolute Gasteiger partial charge is 0.0485 e. The fourth-order valence-corrected chi connectivity index (χ4v) is 1.80. The number of nitrogens with two attached hydrogens (primary N) is 1. The first-order valence-corrected chi connectivity index (χ1v) is 5.51. The lowest BCUT2D eigenvalue weighted by atomic mass is 10.0. The van der Waals surface area contributed by atoms with Gasteiger partial charge in [0.2, 0.25) is 0 Å². The number of nitrogens with zero attached hydrogens (tertiary/aromatic N) is 1. The van der Waals surface area contributed by atoms with E-state index in [0.717, 1.165) is 21.7 Å². The minimum Gasteiger partial charge on any atom is -0.324 e. The van der Waals surface area contributed by atoms with E-state index < -0.39 is 0 Å². The topological polar surface area (TPSA) is 38.9 Å². The third kappa shape index (κ3) is 2.23. The molecule has 2 aromatic rings. The van der Waals surface area contributed by atoms with Crippen molar-refractivity contribution in [2.24, 2.45) is 5.73 Å². The molecule has 2 rings (SSSR count). The lowest BCUT2D eigenvalue weighted by Crippen LogP contribution is -2.04. The van der Waals surface area contributed by atoms with Gasteiger partial charge in [0, 0.05) is 34.6 Å². The summed E-state index contributed by atoms with van der Waals surface area (Å²) in [6.07, 6.45) is 3.54. The maximum absolute atomic E-state index is 6.17. The highest BCUT2D eigenvalue weighted by molar-refractivity contribution is 6.33. The van der Waals surface area contributed by atoms with Gasteiger partial charge in [0.15, 0.2) is 0 Å². The fraction of sp³-hybridized carbons (Fsp3) is 0.154. The van der Waals surface area contributed by atoms with Crippen LogP contribution in [-0.2, 0) is 0 Å². The zero-order valence-electron chi connectivity index (χ0n) is 9.02. The second kappa shape index (κ2) is 4.64. The number of pyridine rings is 1. The van der Waals surface area contributed by atoms with E-state index in [0.29, 0.717) is 0 Å². The van der Waals surface area contributed by atoms with Crippen molar-refractivity contribution < 1.29 is 0 Å².